The van der Waals surface area contributed by atoms with E-state index in [1.165, 1.54) is 0 Å². The molecule has 0 saturated heterocycles. The second-order valence-corrected chi connectivity index (χ2v) is 14.2. The number of aliphatic carboxylic acids is 2. The summed E-state index contributed by atoms with van der Waals surface area (Å²) in [6.07, 6.45) is 4.45. The third kappa shape index (κ3) is 7.23. The lowest BCUT2D eigenvalue weighted by molar-refractivity contribution is -0.138. The monoisotopic (exact) mass is 728 g/mol. The van der Waals surface area contributed by atoms with Gasteiger partial charge in [-0.25, -0.2) is 0 Å². The van der Waals surface area contributed by atoms with Gasteiger partial charge in [0.1, 0.15) is 0 Å². The molecule has 0 saturated carbocycles. The Morgan fingerprint density at radius 3 is 1.92 bits per heavy atom. The van der Waals surface area contributed by atoms with Crippen LogP contribution in [-0.2, 0) is 22.4 Å². The maximum absolute atomic E-state index is 14.3. The number of carboxylic acid groups (broad SMARTS) is 2. The van der Waals surface area contributed by atoms with Crippen molar-refractivity contribution in [3.05, 3.63) is 88.7 Å². The molecule has 0 amide bonds. The molecule has 4 aromatic heterocycles. The SMILES string of the molecule is CCCCCC(=O)n1c2c(C)c(C(C)O)c1=C(N)c1[nH]c(c(C(C)O)c1C)C(N)=c1[nH]c(c(CCC(=O)O)c1C)=Cc1[nH]c(c(C)c1CCC(=O)O)C=2. The Morgan fingerprint density at radius 1 is 0.717 bits per heavy atom. The van der Waals surface area contributed by atoms with Gasteiger partial charge in [-0.3, -0.25) is 19.0 Å². The van der Waals surface area contributed by atoms with Gasteiger partial charge in [-0.2, -0.15) is 0 Å². The van der Waals surface area contributed by atoms with Crippen LogP contribution in [0.1, 0.15) is 144 Å². The zero-order valence-electron chi connectivity index (χ0n) is 31.6. The maximum Gasteiger partial charge on any atom is 0.303 e. The van der Waals surface area contributed by atoms with Gasteiger partial charge in [0, 0.05) is 47.1 Å². The molecular weight excluding hydrogens is 676 g/mol. The molecule has 11 N–H and O–H groups in total. The highest BCUT2D eigenvalue weighted by Crippen LogP contribution is 2.30. The van der Waals surface area contributed by atoms with Gasteiger partial charge in [-0.15, -0.1) is 0 Å². The molecule has 13 heteroatoms. The van der Waals surface area contributed by atoms with Crippen LogP contribution in [0.3, 0.4) is 0 Å². The molecule has 5 heterocycles. The third-order valence-corrected chi connectivity index (χ3v) is 10.6. The quantitative estimate of drug-likeness (QED) is 0.0972. The van der Waals surface area contributed by atoms with Crippen molar-refractivity contribution in [2.45, 2.75) is 112 Å². The number of H-pyrrole nitrogens is 3. The molecule has 0 fully saturated rings. The molecular formula is C40H52N6O7. The zero-order chi connectivity index (χ0) is 39.0. The summed E-state index contributed by atoms with van der Waals surface area (Å²) >= 11 is 0. The molecule has 2 atom stereocenters. The average Bonchev–Trinajstić information content (AvgIpc) is 3.77. The number of unbranched alkanes of at least 4 members (excludes halogenated alkanes) is 2. The first-order valence-electron chi connectivity index (χ1n) is 18.2. The molecule has 2 unspecified atom stereocenters. The van der Waals surface area contributed by atoms with E-state index in [-0.39, 0.29) is 49.4 Å². The molecule has 1 aliphatic heterocycles. The number of nitrogens with one attached hydrogen (secondary N) is 3. The highest BCUT2D eigenvalue weighted by atomic mass is 16.4. The van der Waals surface area contributed by atoms with Gasteiger partial charge in [0.05, 0.1) is 51.0 Å². The van der Waals surface area contributed by atoms with Crippen LogP contribution in [0.15, 0.2) is 0 Å². The predicted octanol–water partition coefficient (Wildman–Crippen LogP) is 2.27. The first-order valence-corrected chi connectivity index (χ1v) is 18.2. The molecule has 0 spiro atoms. The number of carboxylic acids is 2. The Bertz CT molecular complexity index is 2360. The minimum Gasteiger partial charge on any atom is -0.481 e. The summed E-state index contributed by atoms with van der Waals surface area (Å²) < 4.78 is 1.58. The fourth-order valence-corrected chi connectivity index (χ4v) is 7.81. The lowest BCUT2D eigenvalue weighted by Crippen LogP contribution is -2.37. The summed E-state index contributed by atoms with van der Waals surface area (Å²) in [6, 6.07) is 0. The van der Waals surface area contributed by atoms with E-state index < -0.39 is 24.1 Å². The third-order valence-electron chi connectivity index (χ3n) is 10.6. The van der Waals surface area contributed by atoms with E-state index >= 15 is 0 Å². The van der Waals surface area contributed by atoms with Crippen LogP contribution in [0.25, 0.3) is 23.5 Å². The molecule has 4 aromatic rings. The number of rotatable bonds is 12. The first-order chi connectivity index (χ1) is 25.0. The molecule has 13 nitrogen and oxygen atoms in total. The molecule has 5 rings (SSSR count). The van der Waals surface area contributed by atoms with Crippen LogP contribution in [-0.4, -0.2) is 57.8 Å². The second-order valence-electron chi connectivity index (χ2n) is 14.2. The molecule has 0 radical (unpaired) electrons. The van der Waals surface area contributed by atoms with E-state index in [4.69, 9.17) is 11.5 Å². The average molecular weight is 729 g/mol. The molecule has 284 valence electrons. The molecule has 8 bridgehead atoms. The van der Waals surface area contributed by atoms with Crippen molar-refractivity contribution in [3.63, 3.8) is 0 Å². The van der Waals surface area contributed by atoms with Gasteiger partial charge in [0.2, 0.25) is 5.91 Å². The highest BCUT2D eigenvalue weighted by Gasteiger charge is 2.27. The van der Waals surface area contributed by atoms with E-state index in [0.717, 1.165) is 29.5 Å². The highest BCUT2D eigenvalue weighted by molar-refractivity contribution is 5.83. The van der Waals surface area contributed by atoms with Crippen molar-refractivity contribution < 1.29 is 34.8 Å². The minimum atomic E-state index is -1.02. The van der Waals surface area contributed by atoms with Gasteiger partial charge in [0.15, 0.2) is 0 Å². The first kappa shape index (κ1) is 38.9. The standard InChI is InChI=1S/C40H52N6O7/c1-8-9-10-11-30(49)46-29-17-26-18(2)24(12-14-31(50)51)27(43-26)16-28-25(13-15-32(52)53)19(3)37(44-28)35(41)39-33(22(6)47)21(5)38(45-39)36(42)40(46)34(20(29)4)23(7)48/h16-17,22-23,43-45,47-48H,8-15,41-42H2,1-7H3,(H,50,51)(H,52,53). The number of nitrogens with two attached hydrogens (primary N) is 2. The molecule has 1 aliphatic rings. The topological polar surface area (TPSA) is 236 Å². The number of aliphatic hydroxyl groups is 2. The summed E-state index contributed by atoms with van der Waals surface area (Å²) in [6.45, 7) is 12.7. The van der Waals surface area contributed by atoms with Crippen LogP contribution in [0, 0.1) is 27.7 Å². The zero-order valence-corrected chi connectivity index (χ0v) is 31.6. The van der Waals surface area contributed by atoms with E-state index in [9.17, 15) is 34.8 Å². The fourth-order valence-electron chi connectivity index (χ4n) is 7.81. The Labute approximate surface area is 307 Å². The van der Waals surface area contributed by atoms with Crippen LogP contribution in [0.4, 0.5) is 0 Å². The largest absolute Gasteiger partial charge is 0.481 e. The Balaban J connectivity index is 2.07. The normalized spacial score (nSPS) is 13.8. The number of aromatic amines is 3. The van der Waals surface area contributed by atoms with Crippen LogP contribution < -0.4 is 32.9 Å². The Hall–Kier alpha value is -5.27. The van der Waals surface area contributed by atoms with Gasteiger partial charge >= 0.3 is 11.9 Å². The predicted molar refractivity (Wildman–Crippen MR) is 203 cm³/mol. The van der Waals surface area contributed by atoms with Gasteiger partial charge in [-0.1, -0.05) is 19.8 Å². The minimum absolute atomic E-state index is 0.135. The van der Waals surface area contributed by atoms with Gasteiger partial charge in [0.25, 0.3) is 0 Å². The summed E-state index contributed by atoms with van der Waals surface area (Å²) in [5, 5.41) is 43.7. The number of carbonyl (C=O) groups is 3. The summed E-state index contributed by atoms with van der Waals surface area (Å²) in [5.41, 5.74) is 21.8. The van der Waals surface area contributed by atoms with E-state index in [1.54, 1.807) is 18.4 Å². The van der Waals surface area contributed by atoms with Crippen molar-refractivity contribution in [2.24, 2.45) is 11.5 Å². The number of aromatic nitrogens is 4. The summed E-state index contributed by atoms with van der Waals surface area (Å²) in [7, 11) is 0. The van der Waals surface area contributed by atoms with E-state index in [1.807, 2.05) is 39.8 Å². The van der Waals surface area contributed by atoms with Gasteiger partial charge < -0.3 is 46.8 Å². The van der Waals surface area contributed by atoms with Crippen LogP contribution in [0.5, 0.6) is 0 Å². The van der Waals surface area contributed by atoms with Crippen LogP contribution in [0.2, 0.25) is 0 Å². The number of hydrogen-bond donors (Lipinski definition) is 9. The maximum atomic E-state index is 14.3. The van der Waals surface area contributed by atoms with E-state index in [2.05, 4.69) is 21.9 Å². The van der Waals surface area contributed by atoms with Crippen LogP contribution >= 0.6 is 0 Å². The number of hydrogen-bond acceptors (Lipinski definition) is 7. The van der Waals surface area contributed by atoms with Crippen molar-refractivity contribution >= 4 is 41.4 Å². The molecule has 53 heavy (non-hydrogen) atoms. The van der Waals surface area contributed by atoms with Crippen molar-refractivity contribution in [2.75, 3.05) is 0 Å². The fraction of sp³-hybridized carbons (Fsp3) is 0.425. The van der Waals surface area contributed by atoms with Crippen molar-refractivity contribution in [1.82, 2.24) is 19.5 Å². The lowest BCUT2D eigenvalue weighted by Gasteiger charge is -2.11. The molecule has 0 aromatic carbocycles. The Kier molecular flexibility index (Phi) is 11.3. The van der Waals surface area contributed by atoms with E-state index in [0.29, 0.717) is 78.4 Å². The van der Waals surface area contributed by atoms with Crippen molar-refractivity contribution in [3.8, 4) is 0 Å². The second kappa shape index (κ2) is 15.4. The van der Waals surface area contributed by atoms with Crippen molar-refractivity contribution in [1.29, 1.82) is 0 Å². The number of aliphatic hydroxyl groups excluding tert-OH is 2. The molecule has 0 aliphatic carbocycles. The number of nitrogens with zero attached hydrogens (tertiary/aromatic N) is 1. The number of carbonyl (C=O) groups excluding carboxylic acids is 1. The summed E-state index contributed by atoms with van der Waals surface area (Å²) in [5.74, 6) is -2.13. The number of fused-ring (bicyclic) bond motifs is 8. The lowest BCUT2D eigenvalue weighted by atomic mass is 10.0. The van der Waals surface area contributed by atoms with Gasteiger partial charge in [-0.05, 0) is 106 Å². The summed E-state index contributed by atoms with van der Waals surface area (Å²) in [4.78, 5) is 48.2. The Morgan fingerprint density at radius 2 is 1.34 bits per heavy atom. The smallest absolute Gasteiger partial charge is 0.303 e.